The second-order valence-corrected chi connectivity index (χ2v) is 6.05. The van der Waals surface area contributed by atoms with Gasteiger partial charge in [0.05, 0.1) is 23.5 Å². The van der Waals surface area contributed by atoms with Crippen LogP contribution in [0.25, 0.3) is 22.2 Å². The Hall–Kier alpha value is -3.54. The summed E-state index contributed by atoms with van der Waals surface area (Å²) in [6.45, 7) is 2.62. The monoisotopic (exact) mass is 344 g/mol. The van der Waals surface area contributed by atoms with Crippen molar-refractivity contribution in [3.8, 4) is 11.1 Å². The van der Waals surface area contributed by atoms with Gasteiger partial charge >= 0.3 is 5.97 Å². The van der Waals surface area contributed by atoms with Gasteiger partial charge in [0.25, 0.3) is 0 Å². The first kappa shape index (κ1) is 16.0. The molecule has 0 saturated carbocycles. The topological polar surface area (TPSA) is 80.9 Å². The molecule has 0 aliphatic heterocycles. The third-order valence-electron chi connectivity index (χ3n) is 4.42. The van der Waals surface area contributed by atoms with Crippen molar-refractivity contribution in [3.63, 3.8) is 0 Å². The molecule has 0 amide bonds. The van der Waals surface area contributed by atoms with Crippen LogP contribution in [0, 0.1) is 6.92 Å². The Kier molecular flexibility index (Phi) is 3.93. The number of carbonyl (C=O) groups is 1. The molecule has 0 bridgehead atoms. The molecule has 26 heavy (non-hydrogen) atoms. The van der Waals surface area contributed by atoms with Crippen LogP contribution in [0.15, 0.2) is 60.9 Å². The van der Waals surface area contributed by atoms with Crippen LogP contribution in [0.2, 0.25) is 0 Å². The van der Waals surface area contributed by atoms with Crippen LogP contribution in [0.4, 0.5) is 0 Å². The summed E-state index contributed by atoms with van der Waals surface area (Å²) >= 11 is 0. The SMILES string of the molecule is Cc1nc2cnncc2n1Cc1ccc(-c2ccccc2C(=O)O)cc1. The largest absolute Gasteiger partial charge is 0.478 e. The maximum absolute atomic E-state index is 11.4. The first-order chi connectivity index (χ1) is 12.6. The summed E-state index contributed by atoms with van der Waals surface area (Å²) in [6.07, 6.45) is 3.37. The number of hydrogen-bond donors (Lipinski definition) is 1. The summed E-state index contributed by atoms with van der Waals surface area (Å²) < 4.78 is 2.09. The molecule has 4 aromatic rings. The Morgan fingerprint density at radius 3 is 2.54 bits per heavy atom. The quantitative estimate of drug-likeness (QED) is 0.612. The van der Waals surface area contributed by atoms with Crippen LogP contribution < -0.4 is 0 Å². The third kappa shape index (κ3) is 2.82. The van der Waals surface area contributed by atoms with E-state index in [0.29, 0.717) is 17.7 Å². The minimum Gasteiger partial charge on any atom is -0.478 e. The number of carboxylic acid groups (broad SMARTS) is 1. The van der Waals surface area contributed by atoms with Crippen molar-refractivity contribution in [3.05, 3.63) is 77.9 Å². The van der Waals surface area contributed by atoms with Gasteiger partial charge in [0.2, 0.25) is 0 Å². The maximum Gasteiger partial charge on any atom is 0.336 e. The lowest BCUT2D eigenvalue weighted by Gasteiger charge is -2.09. The average Bonchev–Trinajstić information content (AvgIpc) is 2.98. The van der Waals surface area contributed by atoms with Gasteiger partial charge in [-0.3, -0.25) is 0 Å². The van der Waals surface area contributed by atoms with E-state index >= 15 is 0 Å². The Labute approximate surface area is 149 Å². The highest BCUT2D eigenvalue weighted by atomic mass is 16.4. The summed E-state index contributed by atoms with van der Waals surface area (Å²) in [5.74, 6) is -0.0265. The second-order valence-electron chi connectivity index (χ2n) is 6.05. The van der Waals surface area contributed by atoms with Crippen molar-refractivity contribution >= 4 is 17.0 Å². The number of aromatic nitrogens is 4. The molecule has 2 aromatic carbocycles. The maximum atomic E-state index is 11.4. The summed E-state index contributed by atoms with van der Waals surface area (Å²) in [5.41, 5.74) is 4.76. The van der Waals surface area contributed by atoms with Crippen molar-refractivity contribution in [2.75, 3.05) is 0 Å². The number of carboxylic acids is 1. The third-order valence-corrected chi connectivity index (χ3v) is 4.42. The number of nitrogens with zero attached hydrogens (tertiary/aromatic N) is 4. The molecular weight excluding hydrogens is 328 g/mol. The van der Waals surface area contributed by atoms with Gasteiger partial charge in [-0.2, -0.15) is 10.2 Å². The molecule has 0 aliphatic carbocycles. The predicted molar refractivity (Wildman–Crippen MR) is 98.0 cm³/mol. The molecule has 1 N–H and O–H groups in total. The molecule has 2 aromatic heterocycles. The molecule has 0 spiro atoms. The van der Waals surface area contributed by atoms with Crippen LogP contribution in [0.1, 0.15) is 21.7 Å². The molecule has 4 rings (SSSR count). The molecule has 0 fully saturated rings. The van der Waals surface area contributed by atoms with E-state index in [9.17, 15) is 9.90 Å². The van der Waals surface area contributed by atoms with Crippen molar-refractivity contribution in [2.24, 2.45) is 0 Å². The number of aryl methyl sites for hydroxylation is 1. The van der Waals surface area contributed by atoms with E-state index < -0.39 is 5.97 Å². The van der Waals surface area contributed by atoms with Gasteiger partial charge in [-0.1, -0.05) is 42.5 Å². The summed E-state index contributed by atoms with van der Waals surface area (Å²) in [5, 5.41) is 17.2. The van der Waals surface area contributed by atoms with Gasteiger partial charge < -0.3 is 9.67 Å². The van der Waals surface area contributed by atoms with E-state index in [0.717, 1.165) is 28.0 Å². The average molecular weight is 344 g/mol. The molecule has 0 aliphatic rings. The molecule has 0 radical (unpaired) electrons. The normalized spacial score (nSPS) is 11.0. The molecule has 6 nitrogen and oxygen atoms in total. The van der Waals surface area contributed by atoms with E-state index in [1.165, 1.54) is 0 Å². The summed E-state index contributed by atoms with van der Waals surface area (Å²) in [7, 11) is 0. The Morgan fingerprint density at radius 1 is 1.04 bits per heavy atom. The van der Waals surface area contributed by atoms with Gasteiger partial charge in [-0.15, -0.1) is 0 Å². The van der Waals surface area contributed by atoms with Crippen LogP contribution in [0.5, 0.6) is 0 Å². The Bertz CT molecular complexity index is 1100. The number of benzene rings is 2. The van der Waals surface area contributed by atoms with Crippen LogP contribution in [-0.2, 0) is 6.54 Å². The Morgan fingerprint density at radius 2 is 1.77 bits per heavy atom. The fourth-order valence-electron chi connectivity index (χ4n) is 3.10. The van der Waals surface area contributed by atoms with Crippen molar-refractivity contribution in [2.45, 2.75) is 13.5 Å². The minimum atomic E-state index is -0.925. The van der Waals surface area contributed by atoms with Gasteiger partial charge in [-0.05, 0) is 29.7 Å². The number of imidazole rings is 1. The lowest BCUT2D eigenvalue weighted by molar-refractivity contribution is 0.0697. The Balaban J connectivity index is 1.67. The zero-order chi connectivity index (χ0) is 18.1. The number of hydrogen-bond acceptors (Lipinski definition) is 4. The number of aromatic carboxylic acids is 1. The van der Waals surface area contributed by atoms with Crippen LogP contribution in [-0.4, -0.2) is 30.8 Å². The van der Waals surface area contributed by atoms with Gasteiger partial charge in [0, 0.05) is 6.54 Å². The zero-order valence-corrected chi connectivity index (χ0v) is 14.1. The minimum absolute atomic E-state index is 0.301. The highest BCUT2D eigenvalue weighted by Gasteiger charge is 2.11. The number of rotatable bonds is 4. The molecule has 6 heteroatoms. The van der Waals surface area contributed by atoms with Crippen molar-refractivity contribution < 1.29 is 9.90 Å². The molecule has 0 atom stereocenters. The molecular formula is C20H16N4O2. The zero-order valence-electron chi connectivity index (χ0n) is 14.1. The number of fused-ring (bicyclic) bond motifs is 1. The van der Waals surface area contributed by atoms with Crippen LogP contribution in [0.3, 0.4) is 0 Å². The molecule has 0 unspecified atom stereocenters. The van der Waals surface area contributed by atoms with E-state index in [-0.39, 0.29) is 0 Å². The van der Waals surface area contributed by atoms with E-state index in [1.54, 1.807) is 24.5 Å². The van der Waals surface area contributed by atoms with Crippen LogP contribution >= 0.6 is 0 Å². The van der Waals surface area contributed by atoms with Gasteiger partial charge in [0.15, 0.2) is 0 Å². The molecule has 0 saturated heterocycles. The fourth-order valence-corrected chi connectivity index (χ4v) is 3.10. The first-order valence-electron chi connectivity index (χ1n) is 8.18. The standard InChI is InChI=1S/C20H16N4O2/c1-13-23-18-10-21-22-11-19(18)24(13)12-14-6-8-15(9-7-14)16-4-2-3-5-17(16)20(25)26/h2-11H,12H2,1H3,(H,25,26). The highest BCUT2D eigenvalue weighted by Crippen LogP contribution is 2.25. The van der Waals surface area contributed by atoms with Gasteiger partial charge in [-0.25, -0.2) is 9.78 Å². The predicted octanol–water partition coefficient (Wildman–Crippen LogP) is 3.55. The molecule has 128 valence electrons. The fraction of sp³-hybridized carbons (Fsp3) is 0.100. The van der Waals surface area contributed by atoms with Crippen molar-refractivity contribution in [1.29, 1.82) is 0 Å². The lowest BCUT2D eigenvalue weighted by atomic mass is 9.99. The van der Waals surface area contributed by atoms with Crippen molar-refractivity contribution in [1.82, 2.24) is 19.7 Å². The van der Waals surface area contributed by atoms with E-state index in [4.69, 9.17) is 0 Å². The first-order valence-corrected chi connectivity index (χ1v) is 8.18. The molecule has 2 heterocycles. The lowest BCUT2D eigenvalue weighted by Crippen LogP contribution is -2.02. The smallest absolute Gasteiger partial charge is 0.336 e. The van der Waals surface area contributed by atoms with E-state index in [1.807, 2.05) is 43.3 Å². The summed E-state index contributed by atoms with van der Waals surface area (Å²) in [4.78, 5) is 15.9. The highest BCUT2D eigenvalue weighted by molar-refractivity contribution is 5.96. The second kappa shape index (κ2) is 6.40. The van der Waals surface area contributed by atoms with Gasteiger partial charge in [0.1, 0.15) is 11.3 Å². The summed E-state index contributed by atoms with van der Waals surface area (Å²) in [6, 6.07) is 14.9. The van der Waals surface area contributed by atoms with E-state index in [2.05, 4.69) is 19.7 Å².